The lowest BCUT2D eigenvalue weighted by atomic mass is 9.45. The van der Waals surface area contributed by atoms with Crippen LogP contribution >= 0.6 is 0 Å². The molecule has 11 heteroatoms. The fraction of sp³-hybridized carbons (Fsp3) is 0.625. The third-order valence-electron chi connectivity index (χ3n) is 16.4. The summed E-state index contributed by atoms with van der Waals surface area (Å²) < 4.78 is 12.0. The number of hydrogen-bond donors (Lipinski definition) is 8. The second-order valence-electron chi connectivity index (χ2n) is 20.9. The van der Waals surface area contributed by atoms with Crippen molar-refractivity contribution >= 4 is 6.29 Å². The molecule has 1 aromatic carbocycles. The fourth-order valence-corrected chi connectivity index (χ4v) is 12.7. The van der Waals surface area contributed by atoms with Gasteiger partial charge in [-0.1, -0.05) is 104 Å². The van der Waals surface area contributed by atoms with E-state index in [0.717, 1.165) is 60.8 Å². The molecule has 2 heterocycles. The molecule has 67 heavy (non-hydrogen) atoms. The molecular weight excluding hydrogens is 843 g/mol. The third kappa shape index (κ3) is 11.5. The lowest BCUT2D eigenvalue weighted by Crippen LogP contribution is -2.65. The smallest absolute Gasteiger partial charge is 0.162 e. The van der Waals surface area contributed by atoms with Crippen molar-refractivity contribution in [2.24, 2.45) is 46.8 Å². The molecule has 0 aromatic heterocycles. The lowest BCUT2D eigenvalue weighted by Gasteiger charge is -2.61. The standard InChI is InChI=1S/C56H83N3O8/c1-36(2)45-19-20-48(67-53(45)64)46(47-21-23-56(51(47)62)50-42(22-29-60)17-18-44(49(50)39(5)35-61)34-55(56,65)25-28-58-7)14-9-11-37(3)43-16-15-38(4)52(63)59-54(24-27-57-6,26-30-66-8)33-41-13-10-12-40(31-41)32-43/h9-15,17-20,31,35-36,42-45,47-48,50-53,57-60,62-65H,3,16,21-30,32-34H2,1-2,4-8H3/b11-9+,38-15+,46-14+,49-39?/t42-,43-,44-,45-,47-,48-,50-,51+,52+,53+,54-,55+,56+/m0/s1. The Morgan fingerprint density at radius 1 is 1.06 bits per heavy atom. The Bertz CT molecular complexity index is 2030. The maximum absolute atomic E-state index is 13.2. The summed E-state index contributed by atoms with van der Waals surface area (Å²) in [7, 11) is 5.54. The van der Waals surface area contributed by atoms with Crippen LogP contribution in [0.2, 0.25) is 0 Å². The summed E-state index contributed by atoms with van der Waals surface area (Å²) in [4.78, 5) is 12.6. The quantitative estimate of drug-likeness (QED) is 0.0353. The van der Waals surface area contributed by atoms with E-state index < -0.39 is 41.7 Å². The van der Waals surface area contributed by atoms with Crippen molar-refractivity contribution in [1.29, 1.82) is 0 Å². The molecule has 370 valence electrons. The van der Waals surface area contributed by atoms with Crippen LogP contribution in [-0.4, -0.2) is 115 Å². The van der Waals surface area contributed by atoms with Crippen LogP contribution in [0.4, 0.5) is 0 Å². The van der Waals surface area contributed by atoms with Crippen LogP contribution in [0.1, 0.15) is 90.2 Å². The van der Waals surface area contributed by atoms with Crippen molar-refractivity contribution in [3.05, 3.63) is 118 Å². The number of benzene rings is 1. The number of ether oxygens (including phenoxy) is 2. The van der Waals surface area contributed by atoms with Gasteiger partial charge in [0.15, 0.2) is 6.29 Å². The predicted octanol–water partition coefficient (Wildman–Crippen LogP) is 6.43. The minimum Gasteiger partial charge on any atom is -0.396 e. The molecule has 2 saturated carbocycles. The monoisotopic (exact) mass is 926 g/mol. The number of aliphatic hydroxyl groups excluding tert-OH is 4. The van der Waals surface area contributed by atoms with Gasteiger partial charge in [-0.2, -0.15) is 0 Å². The van der Waals surface area contributed by atoms with E-state index in [1.807, 2.05) is 58.3 Å². The minimum atomic E-state index is -1.29. The van der Waals surface area contributed by atoms with Crippen LogP contribution in [-0.2, 0) is 27.1 Å². The van der Waals surface area contributed by atoms with Crippen LogP contribution in [0.5, 0.6) is 0 Å². The second kappa shape index (κ2) is 23.5. The highest BCUT2D eigenvalue weighted by molar-refractivity contribution is 5.74. The Morgan fingerprint density at radius 3 is 2.49 bits per heavy atom. The summed E-state index contributed by atoms with van der Waals surface area (Å²) in [5, 5.41) is 69.9. The molecule has 11 nitrogen and oxygen atoms in total. The Hall–Kier alpha value is -3.33. The molecule has 1 spiro atoms. The molecule has 8 N–H and O–H groups in total. The zero-order chi connectivity index (χ0) is 48.5. The SMILES string of the molecule is C=C(/C=C/C=C(/[C@@H]1C=C[C@@H](C(C)C)[C@H](O)O1)[C@@H]1CC[C@]2([C@@H]1O)[C@@H]1C(=C(C)C=O)[C@@H](C=C[C@H]1CCO)C[C@]2(O)CCNC)[C@H]1C/C=C(\C)[C@@H](O)N[C@@](CCNC)(CCOC)Cc2cccc(c2)C1. The van der Waals surface area contributed by atoms with E-state index in [1.165, 1.54) is 11.1 Å². The van der Waals surface area contributed by atoms with Gasteiger partial charge in [-0.15, -0.1) is 0 Å². The lowest BCUT2D eigenvalue weighted by molar-refractivity contribution is -0.195. The molecule has 0 unspecified atom stereocenters. The number of allylic oxidation sites excluding steroid dienone is 9. The van der Waals surface area contributed by atoms with Gasteiger partial charge in [-0.3, -0.25) is 10.1 Å². The van der Waals surface area contributed by atoms with Crippen molar-refractivity contribution in [2.75, 3.05) is 47.5 Å². The zero-order valence-electron chi connectivity index (χ0n) is 41.4. The molecule has 4 bridgehead atoms. The molecule has 1 aromatic rings. The number of carbonyl (C=O) groups is 1. The van der Waals surface area contributed by atoms with E-state index in [-0.39, 0.29) is 47.7 Å². The van der Waals surface area contributed by atoms with Crippen LogP contribution in [0, 0.1) is 46.8 Å². The van der Waals surface area contributed by atoms with E-state index >= 15 is 0 Å². The van der Waals surface area contributed by atoms with E-state index in [1.54, 1.807) is 7.11 Å². The highest BCUT2D eigenvalue weighted by atomic mass is 16.6. The van der Waals surface area contributed by atoms with Gasteiger partial charge in [0.1, 0.15) is 18.6 Å². The van der Waals surface area contributed by atoms with E-state index in [2.05, 4.69) is 78.9 Å². The molecule has 5 aliphatic rings. The summed E-state index contributed by atoms with van der Waals surface area (Å²) in [5.41, 5.74) is 3.84. The Morgan fingerprint density at radius 2 is 1.81 bits per heavy atom. The number of aldehydes is 1. The highest BCUT2D eigenvalue weighted by Crippen LogP contribution is 2.67. The van der Waals surface area contributed by atoms with E-state index in [0.29, 0.717) is 57.2 Å². The minimum absolute atomic E-state index is 0.0127. The molecule has 13 atom stereocenters. The molecule has 3 aliphatic carbocycles. The van der Waals surface area contributed by atoms with Gasteiger partial charge in [0.05, 0.1) is 11.7 Å². The number of nitrogens with one attached hydrogen (secondary N) is 3. The first-order chi connectivity index (χ1) is 32.1. The Labute approximate surface area is 401 Å². The van der Waals surface area contributed by atoms with Gasteiger partial charge >= 0.3 is 0 Å². The predicted molar refractivity (Wildman–Crippen MR) is 267 cm³/mol. The Balaban J connectivity index is 1.38. The highest BCUT2D eigenvalue weighted by Gasteiger charge is 2.69. The van der Waals surface area contributed by atoms with Gasteiger partial charge in [-0.05, 0) is 157 Å². The first-order valence-electron chi connectivity index (χ1n) is 25.0. The number of methoxy groups -OCH3 is 1. The molecule has 0 saturated heterocycles. The van der Waals surface area contributed by atoms with Crippen molar-refractivity contribution in [3.8, 4) is 0 Å². The summed E-state index contributed by atoms with van der Waals surface area (Å²) in [6, 6.07) is 8.74. The number of rotatable bonds is 18. The maximum atomic E-state index is 13.2. The van der Waals surface area contributed by atoms with Gasteiger partial charge in [0.25, 0.3) is 0 Å². The number of aliphatic hydroxyl groups is 5. The number of fused-ring (bicyclic) bond motifs is 5. The topological polar surface area (TPSA) is 173 Å². The van der Waals surface area contributed by atoms with Gasteiger partial charge in [0, 0.05) is 49.0 Å². The van der Waals surface area contributed by atoms with E-state index in [4.69, 9.17) is 9.47 Å². The molecule has 2 fully saturated rings. The van der Waals surface area contributed by atoms with Gasteiger partial charge in [0.2, 0.25) is 0 Å². The van der Waals surface area contributed by atoms with Gasteiger partial charge in [-0.25, -0.2) is 0 Å². The summed E-state index contributed by atoms with van der Waals surface area (Å²) in [5.74, 6) is -1.21. The number of hydrogen-bond acceptors (Lipinski definition) is 11. The summed E-state index contributed by atoms with van der Waals surface area (Å²) in [6.45, 7) is 14.4. The van der Waals surface area contributed by atoms with Crippen molar-refractivity contribution in [2.45, 2.75) is 128 Å². The molecule has 0 radical (unpaired) electrons. The molecular formula is C56H83N3O8. The maximum Gasteiger partial charge on any atom is 0.162 e. The summed E-state index contributed by atoms with van der Waals surface area (Å²) in [6.07, 6.45) is 19.7. The number of carbonyl (C=O) groups excluding carboxylic acids is 1. The first kappa shape index (κ1) is 53.0. The average molecular weight is 926 g/mol. The third-order valence-corrected chi connectivity index (χ3v) is 16.4. The zero-order valence-corrected chi connectivity index (χ0v) is 41.4. The van der Waals surface area contributed by atoms with Gasteiger partial charge < -0.3 is 45.6 Å². The molecule has 6 rings (SSSR count). The van der Waals surface area contributed by atoms with Crippen molar-refractivity contribution < 1.29 is 39.8 Å². The van der Waals surface area contributed by atoms with Crippen LogP contribution in [0.25, 0.3) is 0 Å². The summed E-state index contributed by atoms with van der Waals surface area (Å²) >= 11 is 0. The Kier molecular flexibility index (Phi) is 18.6. The van der Waals surface area contributed by atoms with E-state index in [9.17, 15) is 30.3 Å². The molecule has 2 aliphatic heterocycles. The fourth-order valence-electron chi connectivity index (χ4n) is 12.7. The molecule has 0 amide bonds. The average Bonchev–Trinajstić information content (AvgIpc) is 3.65. The van der Waals surface area contributed by atoms with Crippen LogP contribution < -0.4 is 16.0 Å². The first-order valence-corrected chi connectivity index (χ1v) is 25.0. The van der Waals surface area contributed by atoms with Crippen molar-refractivity contribution in [3.63, 3.8) is 0 Å². The van der Waals surface area contributed by atoms with Crippen LogP contribution in [0.15, 0.2) is 107 Å². The second-order valence-corrected chi connectivity index (χ2v) is 20.9. The normalized spacial score (nSPS) is 37.3. The van der Waals surface area contributed by atoms with Crippen molar-refractivity contribution in [1.82, 2.24) is 16.0 Å². The van der Waals surface area contributed by atoms with Crippen LogP contribution in [0.3, 0.4) is 0 Å². The largest absolute Gasteiger partial charge is 0.396 e.